The molecule has 0 atom stereocenters. The van der Waals surface area contributed by atoms with Gasteiger partial charge in [-0.05, 0) is 32.5 Å². The van der Waals surface area contributed by atoms with E-state index in [9.17, 15) is 10.1 Å². The Morgan fingerprint density at radius 1 is 1.50 bits per heavy atom. The molecule has 0 aromatic heterocycles. The second kappa shape index (κ2) is 5.41. The van der Waals surface area contributed by atoms with Gasteiger partial charge in [0.2, 0.25) is 0 Å². The summed E-state index contributed by atoms with van der Waals surface area (Å²) in [6.45, 7) is 4.87. The highest BCUT2D eigenvalue weighted by Crippen LogP contribution is 2.23. The predicted molar refractivity (Wildman–Crippen MR) is 67.4 cm³/mol. The molecule has 0 bridgehead atoms. The van der Waals surface area contributed by atoms with Gasteiger partial charge in [-0.1, -0.05) is 15.9 Å². The maximum atomic E-state index is 10.7. The Morgan fingerprint density at radius 3 is 2.62 bits per heavy atom. The van der Waals surface area contributed by atoms with Crippen LogP contribution in [0.25, 0.3) is 0 Å². The van der Waals surface area contributed by atoms with Crippen LogP contribution in [0, 0.1) is 10.1 Å². The average Bonchev–Trinajstić information content (AvgIpc) is 2.20. The fraction of sp³-hybridized carbons (Fsp3) is 0.455. The first-order valence-electron chi connectivity index (χ1n) is 5.05. The van der Waals surface area contributed by atoms with Crippen molar-refractivity contribution in [3.63, 3.8) is 0 Å². The lowest BCUT2D eigenvalue weighted by Crippen LogP contribution is -2.25. The number of hydrogen-bond acceptors (Lipinski definition) is 3. The Balaban J connectivity index is 2.94. The molecule has 4 nitrogen and oxygen atoms in total. The summed E-state index contributed by atoms with van der Waals surface area (Å²) in [6, 6.07) is 5.25. The van der Waals surface area contributed by atoms with E-state index in [-0.39, 0.29) is 10.6 Å². The number of nitrogens with zero attached hydrogens (tertiary/aromatic N) is 2. The average molecular weight is 287 g/mol. The van der Waals surface area contributed by atoms with Crippen LogP contribution in [-0.4, -0.2) is 22.9 Å². The summed E-state index contributed by atoms with van der Waals surface area (Å²) in [7, 11) is 2.00. The zero-order valence-corrected chi connectivity index (χ0v) is 11.2. The van der Waals surface area contributed by atoms with Crippen LogP contribution in [0.2, 0.25) is 0 Å². The van der Waals surface area contributed by atoms with Crippen molar-refractivity contribution >= 4 is 21.6 Å². The summed E-state index contributed by atoms with van der Waals surface area (Å²) in [4.78, 5) is 12.4. The van der Waals surface area contributed by atoms with Gasteiger partial charge in [-0.25, -0.2) is 0 Å². The zero-order valence-electron chi connectivity index (χ0n) is 9.61. The topological polar surface area (TPSA) is 46.4 Å². The maximum absolute atomic E-state index is 10.7. The summed E-state index contributed by atoms with van der Waals surface area (Å²) in [5.74, 6) is 0. The number of benzene rings is 1. The molecule has 0 aliphatic rings. The molecule has 0 saturated heterocycles. The van der Waals surface area contributed by atoms with Gasteiger partial charge in [0.1, 0.15) is 0 Å². The van der Waals surface area contributed by atoms with Gasteiger partial charge in [-0.15, -0.1) is 0 Å². The van der Waals surface area contributed by atoms with Gasteiger partial charge in [0, 0.05) is 29.2 Å². The van der Waals surface area contributed by atoms with Crippen molar-refractivity contribution in [2.24, 2.45) is 0 Å². The van der Waals surface area contributed by atoms with E-state index in [0.29, 0.717) is 12.6 Å². The molecule has 5 heteroatoms. The van der Waals surface area contributed by atoms with Gasteiger partial charge < -0.3 is 0 Å². The van der Waals surface area contributed by atoms with Gasteiger partial charge in [0.15, 0.2) is 0 Å². The number of nitro groups is 1. The summed E-state index contributed by atoms with van der Waals surface area (Å²) >= 11 is 3.41. The molecular weight excluding hydrogens is 272 g/mol. The molecule has 0 aliphatic heterocycles. The van der Waals surface area contributed by atoms with Crippen molar-refractivity contribution in [1.29, 1.82) is 0 Å². The lowest BCUT2D eigenvalue weighted by atomic mass is 10.2. The molecule has 0 aliphatic carbocycles. The SMILES string of the molecule is CC(C)N(C)Cc1cc([N+](=O)[O-])ccc1Br. The highest BCUT2D eigenvalue weighted by Gasteiger charge is 2.12. The minimum absolute atomic E-state index is 0.135. The lowest BCUT2D eigenvalue weighted by molar-refractivity contribution is -0.384. The molecule has 0 heterocycles. The van der Waals surface area contributed by atoms with Crippen molar-refractivity contribution in [3.05, 3.63) is 38.3 Å². The van der Waals surface area contributed by atoms with E-state index in [1.807, 2.05) is 7.05 Å². The van der Waals surface area contributed by atoms with Gasteiger partial charge in [-0.2, -0.15) is 0 Å². The highest BCUT2D eigenvalue weighted by molar-refractivity contribution is 9.10. The van der Waals surface area contributed by atoms with Crippen LogP contribution in [0.1, 0.15) is 19.4 Å². The summed E-state index contributed by atoms with van der Waals surface area (Å²) < 4.78 is 0.908. The molecule has 16 heavy (non-hydrogen) atoms. The van der Waals surface area contributed by atoms with Crippen molar-refractivity contribution in [1.82, 2.24) is 4.90 Å². The molecule has 1 aromatic carbocycles. The summed E-state index contributed by atoms with van der Waals surface area (Å²) in [5.41, 5.74) is 1.07. The van der Waals surface area contributed by atoms with Crippen LogP contribution >= 0.6 is 15.9 Å². The number of non-ortho nitro benzene ring substituents is 1. The molecule has 1 rings (SSSR count). The van der Waals surface area contributed by atoms with E-state index >= 15 is 0 Å². The van der Waals surface area contributed by atoms with E-state index < -0.39 is 0 Å². The van der Waals surface area contributed by atoms with Crippen LogP contribution in [0.3, 0.4) is 0 Å². The third-order valence-electron chi connectivity index (χ3n) is 2.54. The number of halogens is 1. The summed E-state index contributed by atoms with van der Waals surface area (Å²) in [5, 5.41) is 10.7. The molecule has 0 saturated carbocycles. The predicted octanol–water partition coefficient (Wildman–Crippen LogP) is 3.20. The summed E-state index contributed by atoms with van der Waals surface area (Å²) in [6.07, 6.45) is 0. The fourth-order valence-corrected chi connectivity index (χ4v) is 1.62. The van der Waals surface area contributed by atoms with Crippen molar-refractivity contribution in [2.45, 2.75) is 26.4 Å². The van der Waals surface area contributed by atoms with E-state index in [1.165, 1.54) is 6.07 Å². The van der Waals surface area contributed by atoms with Gasteiger partial charge in [0.05, 0.1) is 4.92 Å². The lowest BCUT2D eigenvalue weighted by Gasteiger charge is -2.21. The molecular formula is C11H15BrN2O2. The van der Waals surface area contributed by atoms with Crippen molar-refractivity contribution in [3.8, 4) is 0 Å². The Bertz CT molecular complexity index is 394. The first-order chi connectivity index (χ1) is 7.41. The van der Waals surface area contributed by atoms with Crippen molar-refractivity contribution < 1.29 is 4.92 Å². The van der Waals surface area contributed by atoms with Crippen LogP contribution in [0.15, 0.2) is 22.7 Å². The molecule has 88 valence electrons. The number of rotatable bonds is 4. The number of nitro benzene ring substituents is 1. The molecule has 0 radical (unpaired) electrons. The van der Waals surface area contributed by atoms with Crippen LogP contribution in [0.4, 0.5) is 5.69 Å². The van der Waals surface area contributed by atoms with E-state index in [0.717, 1.165) is 10.0 Å². The molecule has 0 unspecified atom stereocenters. The Kier molecular flexibility index (Phi) is 4.44. The molecule has 0 amide bonds. The second-order valence-electron chi connectivity index (χ2n) is 4.04. The van der Waals surface area contributed by atoms with Crippen molar-refractivity contribution in [2.75, 3.05) is 7.05 Å². The van der Waals surface area contributed by atoms with E-state index in [4.69, 9.17) is 0 Å². The fourth-order valence-electron chi connectivity index (χ4n) is 1.25. The standard InChI is InChI=1S/C11H15BrN2O2/c1-8(2)13(3)7-9-6-10(14(15)16)4-5-11(9)12/h4-6,8H,7H2,1-3H3. The van der Waals surface area contributed by atoms with Gasteiger partial charge >= 0.3 is 0 Å². The largest absolute Gasteiger partial charge is 0.300 e. The van der Waals surface area contributed by atoms with E-state index in [2.05, 4.69) is 34.7 Å². The minimum atomic E-state index is -0.370. The maximum Gasteiger partial charge on any atom is 0.269 e. The number of hydrogen-bond donors (Lipinski definition) is 0. The molecule has 0 spiro atoms. The first-order valence-corrected chi connectivity index (χ1v) is 5.84. The second-order valence-corrected chi connectivity index (χ2v) is 4.90. The normalized spacial score (nSPS) is 11.1. The minimum Gasteiger partial charge on any atom is -0.300 e. The quantitative estimate of drug-likeness (QED) is 0.631. The van der Waals surface area contributed by atoms with E-state index in [1.54, 1.807) is 12.1 Å². The molecule has 0 fully saturated rings. The molecule has 1 aromatic rings. The van der Waals surface area contributed by atoms with Gasteiger partial charge in [0.25, 0.3) is 5.69 Å². The Hall–Kier alpha value is -0.940. The highest BCUT2D eigenvalue weighted by atomic mass is 79.9. The van der Waals surface area contributed by atoms with Crippen LogP contribution < -0.4 is 0 Å². The zero-order chi connectivity index (χ0) is 12.3. The monoisotopic (exact) mass is 286 g/mol. The Morgan fingerprint density at radius 2 is 2.12 bits per heavy atom. The van der Waals surface area contributed by atoms with Crippen LogP contribution in [-0.2, 0) is 6.54 Å². The van der Waals surface area contributed by atoms with Gasteiger partial charge in [-0.3, -0.25) is 15.0 Å². The first kappa shape index (κ1) is 13.1. The Labute approximate surface area is 104 Å². The third-order valence-corrected chi connectivity index (χ3v) is 3.32. The third kappa shape index (κ3) is 3.28. The smallest absolute Gasteiger partial charge is 0.269 e. The molecule has 0 N–H and O–H groups in total. The van der Waals surface area contributed by atoms with Crippen LogP contribution in [0.5, 0.6) is 0 Å².